The lowest BCUT2D eigenvalue weighted by Gasteiger charge is -2.31. The molecule has 0 saturated heterocycles. The molecule has 8 nitrogen and oxygen atoms in total. The van der Waals surface area contributed by atoms with Crippen LogP contribution in [0, 0.1) is 11.3 Å². The SMILES string of the molecule is CC(C)(C)OC(=O)NN[C@@H](COCc1ccccc1)[C@H](OCc1ccccc1)[C@H](C#N)OCc1ccccc1. The number of hydrogen-bond donors (Lipinski definition) is 2. The molecule has 0 radical (unpaired) electrons. The van der Waals surface area contributed by atoms with Gasteiger partial charge in [0.05, 0.1) is 38.5 Å². The van der Waals surface area contributed by atoms with Crippen LogP contribution < -0.4 is 10.9 Å². The van der Waals surface area contributed by atoms with Gasteiger partial charge in [-0.05, 0) is 37.5 Å². The zero-order chi connectivity index (χ0) is 27.9. The summed E-state index contributed by atoms with van der Waals surface area (Å²) >= 11 is 0. The molecule has 0 aliphatic carbocycles. The first-order valence-corrected chi connectivity index (χ1v) is 12.9. The predicted octanol–water partition coefficient (Wildman–Crippen LogP) is 5.30. The Hall–Kier alpha value is -3.74. The Morgan fingerprint density at radius 1 is 0.795 bits per heavy atom. The van der Waals surface area contributed by atoms with Gasteiger partial charge in [-0.25, -0.2) is 10.2 Å². The van der Waals surface area contributed by atoms with Gasteiger partial charge in [0.2, 0.25) is 0 Å². The Morgan fingerprint density at radius 2 is 1.28 bits per heavy atom. The van der Waals surface area contributed by atoms with Crippen molar-refractivity contribution in [2.24, 2.45) is 0 Å². The van der Waals surface area contributed by atoms with Crippen LogP contribution >= 0.6 is 0 Å². The lowest BCUT2D eigenvalue weighted by Crippen LogP contribution is -2.56. The van der Waals surface area contributed by atoms with E-state index in [2.05, 4.69) is 16.9 Å². The molecule has 0 spiro atoms. The quantitative estimate of drug-likeness (QED) is 0.272. The highest BCUT2D eigenvalue weighted by Crippen LogP contribution is 2.16. The van der Waals surface area contributed by atoms with Crippen molar-refractivity contribution >= 4 is 6.09 Å². The van der Waals surface area contributed by atoms with Gasteiger partial charge in [0.15, 0.2) is 6.10 Å². The first-order valence-electron chi connectivity index (χ1n) is 12.9. The van der Waals surface area contributed by atoms with Crippen molar-refractivity contribution in [3.63, 3.8) is 0 Å². The predicted molar refractivity (Wildman–Crippen MR) is 148 cm³/mol. The minimum absolute atomic E-state index is 0.122. The van der Waals surface area contributed by atoms with Crippen molar-refractivity contribution in [2.75, 3.05) is 6.61 Å². The van der Waals surface area contributed by atoms with Crippen molar-refractivity contribution in [3.8, 4) is 6.07 Å². The summed E-state index contributed by atoms with van der Waals surface area (Å²) in [5.74, 6) is 0. The maximum Gasteiger partial charge on any atom is 0.422 e. The molecule has 2 N–H and O–H groups in total. The monoisotopic (exact) mass is 531 g/mol. The molecule has 39 heavy (non-hydrogen) atoms. The average molecular weight is 532 g/mol. The highest BCUT2D eigenvalue weighted by molar-refractivity contribution is 5.67. The van der Waals surface area contributed by atoms with Gasteiger partial charge in [-0.15, -0.1) is 0 Å². The van der Waals surface area contributed by atoms with Crippen LogP contribution in [0.2, 0.25) is 0 Å². The van der Waals surface area contributed by atoms with Gasteiger partial charge in [-0.1, -0.05) is 91.0 Å². The third-order valence-electron chi connectivity index (χ3n) is 5.55. The van der Waals surface area contributed by atoms with Gasteiger partial charge < -0.3 is 18.9 Å². The van der Waals surface area contributed by atoms with Crippen LogP contribution in [-0.4, -0.2) is 36.6 Å². The minimum atomic E-state index is -0.966. The van der Waals surface area contributed by atoms with Gasteiger partial charge in [0, 0.05) is 0 Å². The van der Waals surface area contributed by atoms with E-state index in [1.54, 1.807) is 20.8 Å². The molecule has 206 valence electrons. The van der Waals surface area contributed by atoms with Crippen molar-refractivity contribution in [1.29, 1.82) is 5.26 Å². The number of amides is 1. The first-order chi connectivity index (χ1) is 18.8. The Kier molecular flexibility index (Phi) is 11.9. The highest BCUT2D eigenvalue weighted by atomic mass is 16.6. The highest BCUT2D eigenvalue weighted by Gasteiger charge is 2.33. The summed E-state index contributed by atoms with van der Waals surface area (Å²) in [5, 5.41) is 10.1. The largest absolute Gasteiger partial charge is 0.443 e. The lowest BCUT2D eigenvalue weighted by molar-refractivity contribution is -0.0920. The maximum atomic E-state index is 12.4. The smallest absolute Gasteiger partial charge is 0.422 e. The van der Waals surface area contributed by atoms with E-state index in [-0.39, 0.29) is 19.8 Å². The van der Waals surface area contributed by atoms with Gasteiger partial charge >= 0.3 is 6.09 Å². The second kappa shape index (κ2) is 15.6. The van der Waals surface area contributed by atoms with Crippen LogP contribution in [0.1, 0.15) is 37.5 Å². The molecule has 0 unspecified atom stereocenters. The van der Waals surface area contributed by atoms with Crippen molar-refractivity contribution < 1.29 is 23.7 Å². The molecule has 0 fully saturated rings. The Bertz CT molecular complexity index is 1150. The summed E-state index contributed by atoms with van der Waals surface area (Å²) < 4.78 is 23.7. The minimum Gasteiger partial charge on any atom is -0.443 e. The fourth-order valence-electron chi connectivity index (χ4n) is 3.70. The van der Waals surface area contributed by atoms with Crippen LogP contribution in [0.15, 0.2) is 91.0 Å². The molecule has 0 aliphatic rings. The van der Waals surface area contributed by atoms with Crippen LogP contribution in [0.4, 0.5) is 4.79 Å². The van der Waals surface area contributed by atoms with E-state index in [0.717, 1.165) is 16.7 Å². The molecule has 0 saturated carbocycles. The van der Waals surface area contributed by atoms with E-state index in [1.165, 1.54) is 0 Å². The van der Waals surface area contributed by atoms with Crippen molar-refractivity contribution in [1.82, 2.24) is 10.9 Å². The number of hydrazine groups is 1. The summed E-state index contributed by atoms with van der Waals surface area (Å²) in [6.07, 6.45) is -2.42. The number of carbonyl (C=O) groups excluding carboxylic acids is 1. The zero-order valence-electron chi connectivity index (χ0n) is 22.7. The van der Waals surface area contributed by atoms with E-state index < -0.39 is 29.9 Å². The molecule has 0 bridgehead atoms. The van der Waals surface area contributed by atoms with E-state index in [0.29, 0.717) is 6.61 Å². The van der Waals surface area contributed by atoms with Gasteiger partial charge in [-0.3, -0.25) is 5.43 Å². The number of benzene rings is 3. The number of ether oxygens (including phenoxy) is 4. The number of nitrogens with zero attached hydrogens (tertiary/aromatic N) is 1. The zero-order valence-corrected chi connectivity index (χ0v) is 22.7. The number of rotatable bonds is 14. The molecule has 8 heteroatoms. The van der Waals surface area contributed by atoms with Gasteiger partial charge in [-0.2, -0.15) is 5.26 Å². The molecular weight excluding hydrogens is 494 g/mol. The lowest BCUT2D eigenvalue weighted by atomic mass is 10.1. The Labute approximate surface area is 230 Å². The fourth-order valence-corrected chi connectivity index (χ4v) is 3.70. The summed E-state index contributed by atoms with van der Waals surface area (Å²) in [4.78, 5) is 12.4. The topological polar surface area (TPSA) is 102 Å². The summed E-state index contributed by atoms with van der Waals surface area (Å²) in [6, 6.07) is 30.6. The van der Waals surface area contributed by atoms with Crippen molar-refractivity contribution in [3.05, 3.63) is 108 Å². The van der Waals surface area contributed by atoms with E-state index >= 15 is 0 Å². The second-order valence-corrected chi connectivity index (χ2v) is 9.99. The van der Waals surface area contributed by atoms with Crippen LogP contribution in [0.5, 0.6) is 0 Å². The second-order valence-electron chi connectivity index (χ2n) is 9.99. The molecule has 0 aliphatic heterocycles. The number of hydrogen-bond acceptors (Lipinski definition) is 7. The standard InChI is InChI=1S/C31H37N3O5/c1-31(2,3)39-30(35)34-33-27(23-36-20-24-13-7-4-8-14-24)29(38-22-26-17-11-6-12-18-26)28(19-32)37-21-25-15-9-5-10-16-25/h4-18,27-29,33H,20-23H2,1-3H3,(H,34,35)/t27-,28-,29-/m0/s1. The average Bonchev–Trinajstić information content (AvgIpc) is 2.93. The number of nitriles is 1. The normalized spacial score (nSPS) is 13.6. The van der Waals surface area contributed by atoms with Crippen LogP contribution in [0.3, 0.4) is 0 Å². The molecule has 3 aromatic carbocycles. The third-order valence-corrected chi connectivity index (χ3v) is 5.55. The maximum absolute atomic E-state index is 12.4. The molecule has 0 aromatic heterocycles. The molecule has 3 atom stereocenters. The first kappa shape index (κ1) is 29.8. The molecule has 0 heterocycles. The molecule has 1 amide bonds. The van der Waals surface area contributed by atoms with Gasteiger partial charge in [0.1, 0.15) is 11.7 Å². The van der Waals surface area contributed by atoms with Crippen molar-refractivity contribution in [2.45, 2.75) is 64.4 Å². The van der Waals surface area contributed by atoms with E-state index in [4.69, 9.17) is 18.9 Å². The fraction of sp³-hybridized carbons (Fsp3) is 0.355. The van der Waals surface area contributed by atoms with Crippen LogP contribution in [-0.2, 0) is 38.8 Å². The van der Waals surface area contributed by atoms with E-state index in [9.17, 15) is 10.1 Å². The summed E-state index contributed by atoms with van der Waals surface area (Å²) in [6.45, 7) is 6.27. The van der Waals surface area contributed by atoms with Gasteiger partial charge in [0.25, 0.3) is 0 Å². The molecule has 3 rings (SSSR count). The third kappa shape index (κ3) is 11.3. The molecular formula is C31H37N3O5. The van der Waals surface area contributed by atoms with Crippen LogP contribution in [0.25, 0.3) is 0 Å². The molecule has 3 aromatic rings. The Balaban J connectivity index is 1.78. The van der Waals surface area contributed by atoms with E-state index in [1.807, 2.05) is 91.0 Å². The Morgan fingerprint density at radius 3 is 1.77 bits per heavy atom. The summed E-state index contributed by atoms with van der Waals surface area (Å²) in [5.41, 5.74) is 7.74. The summed E-state index contributed by atoms with van der Waals surface area (Å²) in [7, 11) is 0. The number of nitrogens with one attached hydrogen (secondary N) is 2. The number of carbonyl (C=O) groups is 1.